The monoisotopic (exact) mass is 204 g/mol. The van der Waals surface area contributed by atoms with Crippen molar-refractivity contribution in [1.29, 1.82) is 0 Å². The van der Waals surface area contributed by atoms with E-state index in [2.05, 4.69) is 31.0 Å². The van der Waals surface area contributed by atoms with E-state index in [9.17, 15) is 0 Å². The maximum Gasteiger partial charge on any atom is 0.152 e. The molecule has 1 atom stereocenters. The lowest BCUT2D eigenvalue weighted by atomic mass is 10.1. The number of halogens is 1. The zero-order valence-electron chi connectivity index (χ0n) is 9.18. The van der Waals surface area contributed by atoms with Gasteiger partial charge in [0.05, 0.1) is 6.54 Å². The molecule has 0 bridgehead atoms. The second-order valence-corrected chi connectivity index (χ2v) is 4.87. The van der Waals surface area contributed by atoms with Crippen molar-refractivity contribution in [2.45, 2.75) is 52.0 Å². The van der Waals surface area contributed by atoms with Crippen LogP contribution in [0.3, 0.4) is 0 Å². The second-order valence-electron chi connectivity index (χ2n) is 4.06. The van der Waals surface area contributed by atoms with E-state index < -0.39 is 5.00 Å². The molecule has 0 heterocycles. The van der Waals surface area contributed by atoms with E-state index in [1.807, 2.05) is 6.92 Å². The first kappa shape index (κ1) is 12.9. The summed E-state index contributed by atoms with van der Waals surface area (Å²) in [6.07, 6.45) is 3.13. The van der Waals surface area contributed by atoms with Crippen molar-refractivity contribution in [2.75, 3.05) is 6.54 Å². The lowest BCUT2D eigenvalue weighted by molar-refractivity contribution is 0.462. The van der Waals surface area contributed by atoms with E-state index in [0.717, 1.165) is 25.8 Å². The molecule has 0 aromatic rings. The highest BCUT2D eigenvalue weighted by atomic mass is 35.5. The molecular formula is C10H21ClN2. The van der Waals surface area contributed by atoms with Crippen molar-refractivity contribution in [3.8, 4) is 0 Å². The van der Waals surface area contributed by atoms with Gasteiger partial charge in [-0.05, 0) is 25.7 Å². The summed E-state index contributed by atoms with van der Waals surface area (Å²) < 4.78 is 0. The standard InChI is InChI=1S/C10H21ClN2/c1-5-6-7-12-13-10(4,11)8-9(2)3/h9H,5-8H2,1-4H3. The molecule has 0 saturated heterocycles. The van der Waals surface area contributed by atoms with Crippen LogP contribution < -0.4 is 0 Å². The SMILES string of the molecule is CCCCN=NC(C)(Cl)CC(C)C. The summed E-state index contributed by atoms with van der Waals surface area (Å²) in [5.41, 5.74) is 0. The normalized spacial score (nSPS) is 16.8. The fourth-order valence-electron chi connectivity index (χ4n) is 1.21. The number of hydrogen-bond donors (Lipinski definition) is 0. The van der Waals surface area contributed by atoms with Crippen molar-refractivity contribution in [3.05, 3.63) is 0 Å². The van der Waals surface area contributed by atoms with E-state index >= 15 is 0 Å². The van der Waals surface area contributed by atoms with Gasteiger partial charge in [0.25, 0.3) is 0 Å². The molecule has 1 unspecified atom stereocenters. The highest BCUT2D eigenvalue weighted by Crippen LogP contribution is 2.25. The summed E-state index contributed by atoms with van der Waals surface area (Å²) in [5, 5.41) is 8.20. The molecule has 0 aromatic carbocycles. The van der Waals surface area contributed by atoms with Crippen molar-refractivity contribution in [1.82, 2.24) is 0 Å². The van der Waals surface area contributed by atoms with Gasteiger partial charge in [-0.2, -0.15) is 10.2 Å². The largest absolute Gasteiger partial charge is 0.192 e. The fourth-order valence-corrected chi connectivity index (χ4v) is 1.57. The third-order valence-corrected chi connectivity index (χ3v) is 1.90. The second kappa shape index (κ2) is 6.36. The van der Waals surface area contributed by atoms with E-state index in [0.29, 0.717) is 5.92 Å². The molecule has 13 heavy (non-hydrogen) atoms. The molecule has 0 aliphatic heterocycles. The number of hydrogen-bond acceptors (Lipinski definition) is 2. The Labute approximate surface area is 86.8 Å². The Balaban J connectivity index is 3.79. The van der Waals surface area contributed by atoms with Crippen LogP contribution in [0, 0.1) is 5.92 Å². The van der Waals surface area contributed by atoms with Gasteiger partial charge < -0.3 is 0 Å². The molecule has 0 spiro atoms. The van der Waals surface area contributed by atoms with Gasteiger partial charge >= 0.3 is 0 Å². The Morgan fingerprint density at radius 3 is 2.46 bits per heavy atom. The maximum absolute atomic E-state index is 6.15. The lowest BCUT2D eigenvalue weighted by Crippen LogP contribution is -2.15. The molecule has 0 aliphatic rings. The summed E-state index contributed by atoms with van der Waals surface area (Å²) in [5.74, 6) is 0.563. The highest BCUT2D eigenvalue weighted by molar-refractivity contribution is 6.23. The van der Waals surface area contributed by atoms with Crippen LogP contribution in [-0.2, 0) is 0 Å². The minimum atomic E-state index is -0.498. The van der Waals surface area contributed by atoms with Gasteiger partial charge in [0.2, 0.25) is 0 Å². The van der Waals surface area contributed by atoms with Crippen LogP contribution >= 0.6 is 11.6 Å². The number of nitrogens with zero attached hydrogens (tertiary/aromatic N) is 2. The van der Waals surface area contributed by atoms with Crippen LogP contribution in [0.1, 0.15) is 47.0 Å². The van der Waals surface area contributed by atoms with Crippen molar-refractivity contribution < 1.29 is 0 Å². The first-order chi connectivity index (χ1) is 5.98. The van der Waals surface area contributed by atoms with E-state index in [-0.39, 0.29) is 0 Å². The molecule has 0 fully saturated rings. The molecule has 78 valence electrons. The van der Waals surface area contributed by atoms with Crippen molar-refractivity contribution in [2.24, 2.45) is 16.1 Å². The van der Waals surface area contributed by atoms with Gasteiger partial charge in [0.15, 0.2) is 5.00 Å². The van der Waals surface area contributed by atoms with E-state index in [4.69, 9.17) is 11.6 Å². The first-order valence-electron chi connectivity index (χ1n) is 5.05. The Morgan fingerprint density at radius 2 is 2.00 bits per heavy atom. The Hall–Kier alpha value is -0.110. The molecule has 0 amide bonds. The van der Waals surface area contributed by atoms with Gasteiger partial charge in [0, 0.05) is 0 Å². The molecule has 0 rings (SSSR count). The van der Waals surface area contributed by atoms with Gasteiger partial charge in [-0.15, -0.1) is 0 Å². The smallest absolute Gasteiger partial charge is 0.152 e. The topological polar surface area (TPSA) is 24.7 Å². The van der Waals surface area contributed by atoms with Gasteiger partial charge in [-0.25, -0.2) is 0 Å². The number of unbranched alkanes of at least 4 members (excludes halogenated alkanes) is 1. The molecule has 0 radical (unpaired) electrons. The summed E-state index contributed by atoms with van der Waals surface area (Å²) in [6.45, 7) is 9.15. The van der Waals surface area contributed by atoms with Gasteiger partial charge in [-0.1, -0.05) is 38.8 Å². The minimum absolute atomic E-state index is 0.498. The van der Waals surface area contributed by atoms with Crippen LogP contribution in [0.5, 0.6) is 0 Å². The van der Waals surface area contributed by atoms with Crippen LogP contribution in [0.15, 0.2) is 10.2 Å². The summed E-state index contributed by atoms with van der Waals surface area (Å²) in [6, 6.07) is 0. The number of rotatable bonds is 6. The fraction of sp³-hybridized carbons (Fsp3) is 1.00. The average molecular weight is 205 g/mol. The van der Waals surface area contributed by atoms with Crippen molar-refractivity contribution in [3.63, 3.8) is 0 Å². The van der Waals surface area contributed by atoms with Crippen LogP contribution in [-0.4, -0.2) is 11.5 Å². The summed E-state index contributed by atoms with van der Waals surface area (Å²) >= 11 is 6.15. The quantitative estimate of drug-likeness (QED) is 0.268. The zero-order chi connectivity index (χ0) is 10.3. The Morgan fingerprint density at radius 1 is 1.38 bits per heavy atom. The van der Waals surface area contributed by atoms with Crippen LogP contribution in [0.25, 0.3) is 0 Å². The predicted molar refractivity (Wildman–Crippen MR) is 58.3 cm³/mol. The van der Waals surface area contributed by atoms with E-state index in [1.54, 1.807) is 0 Å². The zero-order valence-corrected chi connectivity index (χ0v) is 9.93. The minimum Gasteiger partial charge on any atom is -0.192 e. The van der Waals surface area contributed by atoms with E-state index in [1.165, 1.54) is 0 Å². The molecule has 3 heteroatoms. The van der Waals surface area contributed by atoms with Crippen molar-refractivity contribution >= 4 is 11.6 Å². The molecule has 0 aliphatic carbocycles. The molecule has 0 aromatic heterocycles. The molecular weight excluding hydrogens is 184 g/mol. The van der Waals surface area contributed by atoms with Crippen LogP contribution in [0.2, 0.25) is 0 Å². The Kier molecular flexibility index (Phi) is 6.31. The highest BCUT2D eigenvalue weighted by Gasteiger charge is 2.20. The third kappa shape index (κ3) is 8.23. The molecule has 0 N–H and O–H groups in total. The van der Waals surface area contributed by atoms with Crippen LogP contribution in [0.4, 0.5) is 0 Å². The maximum atomic E-state index is 6.15. The Bertz CT molecular complexity index is 153. The summed E-state index contributed by atoms with van der Waals surface area (Å²) in [4.78, 5) is -0.498. The van der Waals surface area contributed by atoms with Gasteiger partial charge in [0.1, 0.15) is 0 Å². The first-order valence-corrected chi connectivity index (χ1v) is 5.43. The average Bonchev–Trinajstić information content (AvgIpc) is 1.95. The number of azo groups is 1. The number of alkyl halides is 1. The third-order valence-electron chi connectivity index (χ3n) is 1.67. The molecule has 0 saturated carbocycles. The summed E-state index contributed by atoms with van der Waals surface area (Å²) in [7, 11) is 0. The van der Waals surface area contributed by atoms with Gasteiger partial charge in [-0.3, -0.25) is 0 Å². The predicted octanol–water partition coefficient (Wildman–Crippen LogP) is 4.24. The molecule has 2 nitrogen and oxygen atoms in total. The lowest BCUT2D eigenvalue weighted by Gasteiger charge is -2.17.